The first-order chi connectivity index (χ1) is 11.5. The van der Waals surface area contributed by atoms with Gasteiger partial charge in [0.2, 0.25) is 0 Å². The Labute approximate surface area is 150 Å². The van der Waals surface area contributed by atoms with Crippen LogP contribution in [0.2, 0.25) is 5.02 Å². The Bertz CT molecular complexity index is 900. The second-order valence-corrected chi connectivity index (χ2v) is 6.34. The number of rotatable bonds is 5. The number of nitrogens with one attached hydrogen (secondary N) is 1. The Kier molecular flexibility index (Phi) is 5.01. The number of amides is 1. The quantitative estimate of drug-likeness (QED) is 0.697. The van der Waals surface area contributed by atoms with E-state index in [1.807, 2.05) is 0 Å². The minimum absolute atomic E-state index is 0.0238. The van der Waals surface area contributed by atoms with E-state index in [1.165, 1.54) is 12.1 Å². The first-order valence-corrected chi connectivity index (χ1v) is 8.16. The van der Waals surface area contributed by atoms with Crippen molar-refractivity contribution in [3.05, 3.63) is 63.7 Å². The molecule has 2 aromatic heterocycles. The maximum absolute atomic E-state index is 13.6. The highest BCUT2D eigenvalue weighted by atomic mass is 79.9. The first kappa shape index (κ1) is 16.7. The average Bonchev–Trinajstić information content (AvgIpc) is 2.94. The molecule has 1 N–H and O–H groups in total. The van der Waals surface area contributed by atoms with Gasteiger partial charge in [-0.1, -0.05) is 27.5 Å². The molecule has 24 heavy (non-hydrogen) atoms. The molecule has 0 saturated heterocycles. The SMILES string of the molecule is O=C(COc1ccc(Br)cc1F)NCc1cn2cc(Cl)ccc2n1. The van der Waals surface area contributed by atoms with E-state index in [-0.39, 0.29) is 24.8 Å². The van der Waals surface area contributed by atoms with Gasteiger partial charge < -0.3 is 14.5 Å². The van der Waals surface area contributed by atoms with Gasteiger partial charge in [-0.3, -0.25) is 4.79 Å². The predicted octanol–water partition coefficient (Wildman–Crippen LogP) is 3.58. The van der Waals surface area contributed by atoms with Gasteiger partial charge in [0.05, 0.1) is 17.3 Å². The molecule has 0 aliphatic heterocycles. The van der Waals surface area contributed by atoms with Crippen LogP contribution in [0.3, 0.4) is 0 Å². The number of nitrogens with zero attached hydrogens (tertiary/aromatic N) is 2. The standard InChI is InChI=1S/C16H12BrClFN3O2/c17-10-1-3-14(13(19)5-10)24-9-16(23)20-6-12-8-22-7-11(18)2-4-15(22)21-12/h1-5,7-8H,6,9H2,(H,20,23). The first-order valence-electron chi connectivity index (χ1n) is 6.99. The zero-order chi connectivity index (χ0) is 17.1. The lowest BCUT2D eigenvalue weighted by Crippen LogP contribution is -2.28. The molecule has 0 atom stereocenters. The van der Waals surface area contributed by atoms with E-state index >= 15 is 0 Å². The number of pyridine rings is 1. The molecule has 5 nitrogen and oxygen atoms in total. The summed E-state index contributed by atoms with van der Waals surface area (Å²) in [6.45, 7) is -0.0396. The number of hydrogen-bond acceptors (Lipinski definition) is 3. The molecule has 3 aromatic rings. The lowest BCUT2D eigenvalue weighted by molar-refractivity contribution is -0.123. The van der Waals surface area contributed by atoms with E-state index < -0.39 is 5.82 Å². The molecule has 0 unspecified atom stereocenters. The fourth-order valence-electron chi connectivity index (χ4n) is 2.08. The van der Waals surface area contributed by atoms with E-state index in [2.05, 4.69) is 26.2 Å². The van der Waals surface area contributed by atoms with Gasteiger partial charge in [0.25, 0.3) is 5.91 Å². The molecule has 0 aliphatic carbocycles. The average molecular weight is 413 g/mol. The van der Waals surface area contributed by atoms with Gasteiger partial charge in [-0.15, -0.1) is 0 Å². The lowest BCUT2D eigenvalue weighted by atomic mass is 10.3. The number of carbonyl (C=O) groups excluding carboxylic acids is 1. The number of imidazole rings is 1. The molecule has 1 amide bonds. The Morgan fingerprint density at radius 1 is 1.33 bits per heavy atom. The van der Waals surface area contributed by atoms with Crippen molar-refractivity contribution in [3.8, 4) is 5.75 Å². The summed E-state index contributed by atoms with van der Waals surface area (Å²) in [6, 6.07) is 7.89. The largest absolute Gasteiger partial charge is 0.481 e. The minimum atomic E-state index is -0.533. The van der Waals surface area contributed by atoms with E-state index in [0.29, 0.717) is 15.2 Å². The minimum Gasteiger partial charge on any atom is -0.481 e. The highest BCUT2D eigenvalue weighted by molar-refractivity contribution is 9.10. The summed E-state index contributed by atoms with van der Waals surface area (Å²) in [5.41, 5.74) is 1.41. The summed E-state index contributed by atoms with van der Waals surface area (Å²) >= 11 is 9.06. The van der Waals surface area contributed by atoms with Crippen LogP contribution < -0.4 is 10.1 Å². The van der Waals surface area contributed by atoms with Crippen molar-refractivity contribution in [2.24, 2.45) is 0 Å². The molecular weight excluding hydrogens is 401 g/mol. The topological polar surface area (TPSA) is 55.6 Å². The Balaban J connectivity index is 1.54. The predicted molar refractivity (Wildman–Crippen MR) is 91.6 cm³/mol. The number of hydrogen-bond donors (Lipinski definition) is 1. The fourth-order valence-corrected chi connectivity index (χ4v) is 2.58. The lowest BCUT2D eigenvalue weighted by Gasteiger charge is -2.07. The molecule has 0 radical (unpaired) electrons. The van der Waals surface area contributed by atoms with Crippen molar-refractivity contribution < 1.29 is 13.9 Å². The summed E-state index contributed by atoms with van der Waals surface area (Å²) in [6.07, 6.45) is 3.51. The molecule has 0 bridgehead atoms. The molecule has 8 heteroatoms. The van der Waals surface area contributed by atoms with Gasteiger partial charge in [0.15, 0.2) is 18.2 Å². The van der Waals surface area contributed by atoms with Crippen molar-refractivity contribution in [2.75, 3.05) is 6.61 Å². The van der Waals surface area contributed by atoms with Gasteiger partial charge in [0, 0.05) is 16.9 Å². The van der Waals surface area contributed by atoms with Crippen LogP contribution >= 0.6 is 27.5 Å². The summed E-state index contributed by atoms with van der Waals surface area (Å²) in [5.74, 6) is -0.877. The second kappa shape index (κ2) is 7.19. The summed E-state index contributed by atoms with van der Waals surface area (Å²) < 4.78 is 21.1. The van der Waals surface area contributed by atoms with Gasteiger partial charge >= 0.3 is 0 Å². The summed E-state index contributed by atoms with van der Waals surface area (Å²) in [7, 11) is 0. The molecule has 3 rings (SSSR count). The van der Waals surface area contributed by atoms with Crippen LogP contribution in [0, 0.1) is 5.82 Å². The molecule has 0 spiro atoms. The normalized spacial score (nSPS) is 10.8. The summed E-state index contributed by atoms with van der Waals surface area (Å²) in [4.78, 5) is 16.2. The van der Waals surface area contributed by atoms with Gasteiger partial charge in [-0.2, -0.15) is 0 Å². The zero-order valence-corrected chi connectivity index (χ0v) is 14.6. The van der Waals surface area contributed by atoms with Crippen molar-refractivity contribution in [1.29, 1.82) is 0 Å². The van der Waals surface area contributed by atoms with Crippen LogP contribution in [0.4, 0.5) is 4.39 Å². The highest BCUT2D eigenvalue weighted by Gasteiger charge is 2.08. The molecule has 0 fully saturated rings. The van der Waals surface area contributed by atoms with Crippen molar-refractivity contribution in [2.45, 2.75) is 6.54 Å². The third-order valence-corrected chi connectivity index (χ3v) is 3.90. The van der Waals surface area contributed by atoms with E-state index in [0.717, 1.165) is 5.65 Å². The second-order valence-electron chi connectivity index (χ2n) is 4.99. The molecule has 2 heterocycles. The third-order valence-electron chi connectivity index (χ3n) is 3.18. The maximum atomic E-state index is 13.6. The maximum Gasteiger partial charge on any atom is 0.258 e. The number of ether oxygens (including phenoxy) is 1. The number of carbonyl (C=O) groups is 1. The molecule has 1 aromatic carbocycles. The highest BCUT2D eigenvalue weighted by Crippen LogP contribution is 2.21. The van der Waals surface area contributed by atoms with Crippen LogP contribution in [0.15, 0.2) is 47.2 Å². The Hall–Kier alpha value is -2.12. The Morgan fingerprint density at radius 3 is 2.96 bits per heavy atom. The fraction of sp³-hybridized carbons (Fsp3) is 0.125. The molecule has 0 aliphatic rings. The van der Waals surface area contributed by atoms with Crippen molar-refractivity contribution in [1.82, 2.24) is 14.7 Å². The van der Waals surface area contributed by atoms with E-state index in [1.54, 1.807) is 35.0 Å². The third kappa shape index (κ3) is 4.04. The molecule has 124 valence electrons. The van der Waals surface area contributed by atoms with E-state index in [4.69, 9.17) is 16.3 Å². The summed E-state index contributed by atoms with van der Waals surface area (Å²) in [5, 5.41) is 3.27. The van der Waals surface area contributed by atoms with Crippen molar-refractivity contribution in [3.63, 3.8) is 0 Å². The van der Waals surface area contributed by atoms with E-state index in [9.17, 15) is 9.18 Å². The molecule has 0 saturated carbocycles. The smallest absolute Gasteiger partial charge is 0.258 e. The van der Waals surface area contributed by atoms with Crippen LogP contribution in [0.25, 0.3) is 5.65 Å². The van der Waals surface area contributed by atoms with Crippen LogP contribution in [0.5, 0.6) is 5.75 Å². The van der Waals surface area contributed by atoms with Gasteiger partial charge in [-0.25, -0.2) is 9.37 Å². The number of halogens is 3. The molecular formula is C16H12BrClFN3O2. The number of aromatic nitrogens is 2. The number of benzene rings is 1. The number of fused-ring (bicyclic) bond motifs is 1. The monoisotopic (exact) mass is 411 g/mol. The Morgan fingerprint density at radius 2 is 2.17 bits per heavy atom. The zero-order valence-electron chi connectivity index (χ0n) is 12.3. The van der Waals surface area contributed by atoms with Crippen LogP contribution in [-0.4, -0.2) is 21.9 Å². The van der Waals surface area contributed by atoms with Crippen molar-refractivity contribution >= 4 is 39.1 Å². The van der Waals surface area contributed by atoms with Gasteiger partial charge in [-0.05, 0) is 30.3 Å². The van der Waals surface area contributed by atoms with Crippen LogP contribution in [-0.2, 0) is 11.3 Å². The van der Waals surface area contributed by atoms with Crippen LogP contribution in [0.1, 0.15) is 5.69 Å². The van der Waals surface area contributed by atoms with Gasteiger partial charge in [0.1, 0.15) is 5.65 Å².